The number of rotatable bonds is 10. The van der Waals surface area contributed by atoms with Crippen molar-refractivity contribution < 1.29 is 22.7 Å². The molecule has 10 heteroatoms. The van der Waals surface area contributed by atoms with E-state index in [0.717, 1.165) is 4.31 Å². The minimum Gasteiger partial charge on any atom is -0.497 e. The van der Waals surface area contributed by atoms with Crippen LogP contribution < -0.4 is 19.1 Å². The van der Waals surface area contributed by atoms with Gasteiger partial charge in [0.1, 0.15) is 18.0 Å². The summed E-state index contributed by atoms with van der Waals surface area (Å²) in [5.41, 5.74) is 0.412. The normalized spacial score (nSPS) is 11.8. The van der Waals surface area contributed by atoms with Crippen LogP contribution in [-0.2, 0) is 14.8 Å². The number of carbonyl (C=O) groups excluding carboxylic acids is 1. The van der Waals surface area contributed by atoms with Crippen LogP contribution in [0.4, 0.5) is 5.69 Å². The number of aliphatic imine (C=N–C) groups is 2. The van der Waals surface area contributed by atoms with Crippen LogP contribution in [0.15, 0.2) is 75.3 Å². The molecule has 2 rings (SSSR count). The van der Waals surface area contributed by atoms with Gasteiger partial charge >= 0.3 is 0 Å². The first-order valence-corrected chi connectivity index (χ1v) is 10.5. The summed E-state index contributed by atoms with van der Waals surface area (Å²) >= 11 is 0. The molecular formula is C21H24N4O5S. The van der Waals surface area contributed by atoms with E-state index >= 15 is 0 Å². The number of methoxy groups -OCH3 is 2. The molecule has 0 spiro atoms. The van der Waals surface area contributed by atoms with Crippen LogP contribution in [0, 0.1) is 0 Å². The third-order valence-corrected chi connectivity index (χ3v) is 5.83. The lowest BCUT2D eigenvalue weighted by Gasteiger charge is -2.26. The molecule has 2 aromatic rings. The predicted molar refractivity (Wildman–Crippen MR) is 121 cm³/mol. The van der Waals surface area contributed by atoms with Gasteiger partial charge in [-0.1, -0.05) is 18.2 Å². The lowest BCUT2D eigenvalue weighted by molar-refractivity contribution is -0.118. The highest BCUT2D eigenvalue weighted by molar-refractivity contribution is 7.92. The van der Waals surface area contributed by atoms with Crippen molar-refractivity contribution in [2.75, 3.05) is 32.1 Å². The second-order valence-corrected chi connectivity index (χ2v) is 7.93. The van der Waals surface area contributed by atoms with Crippen LogP contribution in [0.3, 0.4) is 0 Å². The maximum absolute atomic E-state index is 13.5. The van der Waals surface area contributed by atoms with Gasteiger partial charge in [0.2, 0.25) is 5.91 Å². The van der Waals surface area contributed by atoms with Crippen LogP contribution in [0.1, 0.15) is 0 Å². The fourth-order valence-corrected chi connectivity index (χ4v) is 4.12. The molecule has 31 heavy (non-hydrogen) atoms. The molecule has 1 N–H and O–H groups in total. The van der Waals surface area contributed by atoms with Crippen LogP contribution >= 0.6 is 0 Å². The molecule has 0 aromatic heterocycles. The first-order chi connectivity index (χ1) is 14.9. The Morgan fingerprint density at radius 1 is 1.16 bits per heavy atom. The minimum atomic E-state index is -4.12. The number of carbonyl (C=O) groups is 1. The molecule has 0 bridgehead atoms. The van der Waals surface area contributed by atoms with Crippen molar-refractivity contribution in [2.24, 2.45) is 9.98 Å². The number of amides is 1. The largest absolute Gasteiger partial charge is 0.497 e. The molecule has 0 saturated heterocycles. The zero-order valence-electron chi connectivity index (χ0n) is 17.5. The molecule has 9 nitrogen and oxygen atoms in total. The average molecular weight is 445 g/mol. The number of nitrogens with zero attached hydrogens (tertiary/aromatic N) is 3. The fourth-order valence-electron chi connectivity index (χ4n) is 2.68. The third-order valence-electron chi connectivity index (χ3n) is 4.06. The molecule has 0 unspecified atom stereocenters. The van der Waals surface area contributed by atoms with Gasteiger partial charge < -0.3 is 14.8 Å². The molecule has 164 valence electrons. The first kappa shape index (κ1) is 23.6. The molecular weight excluding hydrogens is 420 g/mol. The lowest BCUT2D eigenvalue weighted by atomic mass is 10.2. The van der Waals surface area contributed by atoms with E-state index in [1.54, 1.807) is 30.3 Å². The fraction of sp³-hybridized carbons (Fsp3) is 0.190. The predicted octanol–water partition coefficient (Wildman–Crippen LogP) is 2.26. The smallest absolute Gasteiger partial charge is 0.264 e. The maximum Gasteiger partial charge on any atom is 0.264 e. The summed E-state index contributed by atoms with van der Waals surface area (Å²) in [6, 6.07) is 12.5. The van der Waals surface area contributed by atoms with Crippen molar-refractivity contribution in [1.82, 2.24) is 5.32 Å². The van der Waals surface area contributed by atoms with E-state index in [9.17, 15) is 13.2 Å². The van der Waals surface area contributed by atoms with Crippen molar-refractivity contribution in [1.29, 1.82) is 0 Å². The number of ether oxygens (including phenoxy) is 2. The van der Waals surface area contributed by atoms with Crippen molar-refractivity contribution in [2.45, 2.75) is 4.90 Å². The van der Waals surface area contributed by atoms with E-state index in [1.165, 1.54) is 51.9 Å². The van der Waals surface area contributed by atoms with Crippen LogP contribution in [0.5, 0.6) is 11.5 Å². The molecule has 0 aliphatic carbocycles. The minimum absolute atomic E-state index is 0.0197. The van der Waals surface area contributed by atoms with Crippen LogP contribution in [0.25, 0.3) is 0 Å². The number of hydrogen-bond acceptors (Lipinski definition) is 7. The Kier molecular flexibility index (Phi) is 8.33. The molecule has 0 saturated carbocycles. The van der Waals surface area contributed by atoms with E-state index in [4.69, 9.17) is 9.47 Å². The monoisotopic (exact) mass is 444 g/mol. The molecule has 0 aliphatic rings. The summed E-state index contributed by atoms with van der Waals surface area (Å²) in [6.07, 6.45) is 2.67. The number of sulfonamides is 1. The summed E-state index contributed by atoms with van der Waals surface area (Å²) in [5.74, 6) is 0.0463. The van der Waals surface area contributed by atoms with E-state index in [0.29, 0.717) is 5.75 Å². The molecule has 2 aromatic carbocycles. The zero-order chi connectivity index (χ0) is 22.9. The number of allylic oxidation sites excluding steroid dienone is 1. The Labute approximate surface area is 181 Å². The van der Waals surface area contributed by atoms with E-state index < -0.39 is 22.5 Å². The van der Waals surface area contributed by atoms with Crippen molar-refractivity contribution in [3.8, 4) is 11.5 Å². The Balaban J connectivity index is 2.56. The van der Waals surface area contributed by atoms with Crippen LogP contribution in [-0.4, -0.2) is 55.1 Å². The number of anilines is 1. The van der Waals surface area contributed by atoms with Gasteiger partial charge in [-0.25, -0.2) is 8.42 Å². The zero-order valence-corrected chi connectivity index (χ0v) is 18.3. The first-order valence-electron chi connectivity index (χ1n) is 9.05. The second kappa shape index (κ2) is 10.9. The average Bonchev–Trinajstić information content (AvgIpc) is 2.78. The SMILES string of the molecule is C=N/C=C(\C=NC)NC(=O)CN(c1cc(OC)ccc1OC)S(=O)(=O)c1ccccc1. The van der Waals surface area contributed by atoms with Gasteiger partial charge in [-0.2, -0.15) is 0 Å². The molecule has 0 radical (unpaired) electrons. The molecule has 0 aliphatic heterocycles. The van der Waals surface area contributed by atoms with Gasteiger partial charge in [-0.3, -0.25) is 19.1 Å². The highest BCUT2D eigenvalue weighted by Crippen LogP contribution is 2.35. The Bertz CT molecular complexity index is 1080. The maximum atomic E-state index is 13.5. The van der Waals surface area contributed by atoms with Crippen LogP contribution in [0.2, 0.25) is 0 Å². The van der Waals surface area contributed by atoms with Crippen molar-refractivity contribution in [3.63, 3.8) is 0 Å². The number of nitrogens with one attached hydrogen (secondary N) is 1. The van der Waals surface area contributed by atoms with Crippen molar-refractivity contribution in [3.05, 3.63) is 60.4 Å². The van der Waals surface area contributed by atoms with Gasteiger partial charge in [0.05, 0.1) is 36.7 Å². The molecule has 0 fully saturated rings. The number of hydrogen-bond donors (Lipinski definition) is 1. The van der Waals surface area contributed by atoms with E-state index in [2.05, 4.69) is 22.0 Å². The summed E-state index contributed by atoms with van der Waals surface area (Å²) in [5, 5.41) is 2.57. The highest BCUT2D eigenvalue weighted by atomic mass is 32.2. The van der Waals surface area contributed by atoms with Gasteiger partial charge in [-0.15, -0.1) is 0 Å². The third kappa shape index (κ3) is 5.92. The van der Waals surface area contributed by atoms with Gasteiger partial charge in [0.15, 0.2) is 0 Å². The molecule has 0 atom stereocenters. The Morgan fingerprint density at radius 3 is 2.45 bits per heavy atom. The van der Waals surface area contributed by atoms with Gasteiger partial charge in [0, 0.05) is 19.3 Å². The summed E-state index contributed by atoms with van der Waals surface area (Å²) in [6.45, 7) is 2.81. The Morgan fingerprint density at radius 2 is 1.87 bits per heavy atom. The summed E-state index contributed by atoms with van der Waals surface area (Å²) in [4.78, 5) is 20.2. The van der Waals surface area contributed by atoms with E-state index in [1.807, 2.05) is 0 Å². The lowest BCUT2D eigenvalue weighted by Crippen LogP contribution is -2.41. The quantitative estimate of drug-likeness (QED) is 0.565. The standard InChI is InChI=1S/C21H24N4O5S/c1-22-13-16(14-23-2)24-21(26)15-25(31(27,28)18-8-6-5-7-9-18)19-12-17(29-3)10-11-20(19)30-4/h5-14H,1,15H2,2-4H3,(H,24,26)/b16-13+,23-14?. The summed E-state index contributed by atoms with van der Waals surface area (Å²) < 4.78 is 38.4. The highest BCUT2D eigenvalue weighted by Gasteiger charge is 2.30. The van der Waals surface area contributed by atoms with Crippen molar-refractivity contribution >= 4 is 34.5 Å². The number of benzene rings is 2. The van der Waals surface area contributed by atoms with Gasteiger partial charge in [-0.05, 0) is 31.0 Å². The summed E-state index contributed by atoms with van der Waals surface area (Å²) in [7, 11) is 0.271. The van der Waals surface area contributed by atoms with Gasteiger partial charge in [0.25, 0.3) is 10.0 Å². The molecule has 0 heterocycles. The molecule has 1 amide bonds. The van der Waals surface area contributed by atoms with E-state index in [-0.39, 0.29) is 22.0 Å². The topological polar surface area (TPSA) is 110 Å². The second-order valence-electron chi connectivity index (χ2n) is 6.07. The Hall–Kier alpha value is -3.66.